The summed E-state index contributed by atoms with van der Waals surface area (Å²) in [4.78, 5) is 0.205. The molecule has 0 saturated carbocycles. The van der Waals surface area contributed by atoms with Crippen molar-refractivity contribution in [1.29, 1.82) is 0 Å². The number of unbranched alkanes of at least 4 members (excludes halogenated alkanes) is 1. The molecule has 0 saturated heterocycles. The highest BCUT2D eigenvalue weighted by atomic mass is 32.2. The molecule has 0 spiro atoms. The smallest absolute Gasteiger partial charge is 0.241 e. The summed E-state index contributed by atoms with van der Waals surface area (Å²) in [6, 6.07) is 15.2. The highest BCUT2D eigenvalue weighted by Gasteiger charge is 2.26. The van der Waals surface area contributed by atoms with Crippen LogP contribution in [0, 0.1) is 6.92 Å². The van der Waals surface area contributed by atoms with Crippen LogP contribution < -0.4 is 4.72 Å². The predicted molar refractivity (Wildman–Crippen MR) is 96.2 cm³/mol. The highest BCUT2D eigenvalue weighted by Crippen LogP contribution is 2.23. The molecule has 24 heavy (non-hydrogen) atoms. The molecule has 4 nitrogen and oxygen atoms in total. The lowest BCUT2D eigenvalue weighted by Gasteiger charge is -2.24. The van der Waals surface area contributed by atoms with Gasteiger partial charge in [-0.3, -0.25) is 0 Å². The van der Waals surface area contributed by atoms with Crippen LogP contribution in [0.2, 0.25) is 0 Å². The SMILES string of the molecule is CCCC[C@@H](O)[C@@H](NS(=O)(=O)c1ccc(C)cc1)c1ccccc1. The lowest BCUT2D eigenvalue weighted by Crippen LogP contribution is -2.36. The minimum atomic E-state index is -3.70. The highest BCUT2D eigenvalue weighted by molar-refractivity contribution is 7.89. The van der Waals surface area contributed by atoms with Crippen molar-refractivity contribution in [2.45, 2.75) is 50.2 Å². The third-order valence-corrected chi connectivity index (χ3v) is 5.47. The van der Waals surface area contributed by atoms with Crippen molar-refractivity contribution >= 4 is 10.0 Å². The minimum absolute atomic E-state index is 0.205. The lowest BCUT2D eigenvalue weighted by atomic mass is 9.98. The molecule has 130 valence electrons. The van der Waals surface area contributed by atoms with Gasteiger partial charge in [0.1, 0.15) is 0 Å². The number of hydrogen-bond acceptors (Lipinski definition) is 3. The first-order valence-corrected chi connectivity index (χ1v) is 9.74. The molecule has 2 rings (SSSR count). The topological polar surface area (TPSA) is 66.4 Å². The summed E-state index contributed by atoms with van der Waals surface area (Å²) in [6.07, 6.45) is 1.57. The van der Waals surface area contributed by atoms with E-state index < -0.39 is 22.2 Å². The molecule has 0 aromatic heterocycles. The Bertz CT molecular complexity index is 727. The molecule has 0 aliphatic heterocycles. The monoisotopic (exact) mass is 347 g/mol. The number of aryl methyl sites for hydroxylation is 1. The minimum Gasteiger partial charge on any atom is -0.391 e. The zero-order valence-electron chi connectivity index (χ0n) is 14.1. The van der Waals surface area contributed by atoms with Crippen LogP contribution in [-0.2, 0) is 10.0 Å². The number of sulfonamides is 1. The normalized spacial score (nSPS) is 14.3. The van der Waals surface area contributed by atoms with Gasteiger partial charge in [-0.1, -0.05) is 67.8 Å². The van der Waals surface area contributed by atoms with Crippen LogP contribution in [0.25, 0.3) is 0 Å². The number of benzene rings is 2. The quantitative estimate of drug-likeness (QED) is 0.767. The summed E-state index contributed by atoms with van der Waals surface area (Å²) < 4.78 is 28.0. The maximum Gasteiger partial charge on any atom is 0.241 e. The maximum absolute atomic E-state index is 12.7. The molecule has 5 heteroatoms. The molecule has 0 amide bonds. The Morgan fingerprint density at radius 1 is 1.04 bits per heavy atom. The second-order valence-corrected chi connectivity index (χ2v) is 7.75. The summed E-state index contributed by atoms with van der Waals surface area (Å²) in [6.45, 7) is 3.95. The van der Waals surface area contributed by atoms with E-state index in [1.165, 1.54) is 0 Å². The average Bonchev–Trinajstić information content (AvgIpc) is 2.59. The Morgan fingerprint density at radius 3 is 2.25 bits per heavy atom. The van der Waals surface area contributed by atoms with E-state index >= 15 is 0 Å². The lowest BCUT2D eigenvalue weighted by molar-refractivity contribution is 0.125. The van der Waals surface area contributed by atoms with Gasteiger partial charge in [0.15, 0.2) is 0 Å². The molecule has 0 fully saturated rings. The second kappa shape index (κ2) is 8.42. The van der Waals surface area contributed by atoms with Gasteiger partial charge in [0.2, 0.25) is 10.0 Å². The third-order valence-electron chi connectivity index (χ3n) is 4.01. The molecule has 0 bridgehead atoms. The van der Waals surface area contributed by atoms with Gasteiger partial charge in [0.05, 0.1) is 17.0 Å². The molecule has 2 aromatic carbocycles. The molecule has 0 heterocycles. The van der Waals surface area contributed by atoms with Crippen molar-refractivity contribution < 1.29 is 13.5 Å². The molecule has 2 N–H and O–H groups in total. The largest absolute Gasteiger partial charge is 0.391 e. The first-order chi connectivity index (χ1) is 11.4. The van der Waals surface area contributed by atoms with Gasteiger partial charge >= 0.3 is 0 Å². The van der Waals surface area contributed by atoms with E-state index in [0.717, 1.165) is 24.0 Å². The van der Waals surface area contributed by atoms with Crippen LogP contribution in [0.5, 0.6) is 0 Å². The molecule has 2 aromatic rings. The van der Waals surface area contributed by atoms with Gasteiger partial charge in [-0.15, -0.1) is 0 Å². The van der Waals surface area contributed by atoms with Crippen molar-refractivity contribution in [2.75, 3.05) is 0 Å². The zero-order chi connectivity index (χ0) is 17.6. The molecule has 2 atom stereocenters. The zero-order valence-corrected chi connectivity index (χ0v) is 15.0. The fraction of sp³-hybridized carbons (Fsp3) is 0.368. The van der Waals surface area contributed by atoms with Gasteiger partial charge in [0.25, 0.3) is 0 Å². The summed E-state index contributed by atoms with van der Waals surface area (Å²) in [5.74, 6) is 0. The molecule has 0 unspecified atom stereocenters. The number of aliphatic hydroxyl groups excluding tert-OH is 1. The summed E-state index contributed by atoms with van der Waals surface area (Å²) in [5.41, 5.74) is 1.76. The second-order valence-electron chi connectivity index (χ2n) is 6.03. The Kier molecular flexibility index (Phi) is 6.54. The fourth-order valence-electron chi connectivity index (χ4n) is 2.56. The van der Waals surface area contributed by atoms with Crippen molar-refractivity contribution in [3.63, 3.8) is 0 Å². The first kappa shape index (κ1) is 18.6. The first-order valence-electron chi connectivity index (χ1n) is 8.26. The Balaban J connectivity index is 2.28. The Morgan fingerprint density at radius 2 is 1.67 bits per heavy atom. The van der Waals surface area contributed by atoms with E-state index in [-0.39, 0.29) is 4.90 Å². The number of rotatable bonds is 8. The van der Waals surface area contributed by atoms with E-state index in [4.69, 9.17) is 0 Å². The third kappa shape index (κ3) is 4.90. The predicted octanol–water partition coefficient (Wildman–Crippen LogP) is 3.57. The van der Waals surface area contributed by atoms with Gasteiger partial charge < -0.3 is 5.11 Å². The number of nitrogens with one attached hydrogen (secondary N) is 1. The van der Waals surface area contributed by atoms with Crippen LogP contribution in [0.15, 0.2) is 59.5 Å². The summed E-state index contributed by atoms with van der Waals surface area (Å²) in [7, 11) is -3.70. The molecular formula is C19H25NO3S. The van der Waals surface area contributed by atoms with E-state index in [9.17, 15) is 13.5 Å². The van der Waals surface area contributed by atoms with Crippen molar-refractivity contribution in [3.8, 4) is 0 Å². The number of aliphatic hydroxyl groups is 1. The van der Waals surface area contributed by atoms with E-state index in [1.807, 2.05) is 44.2 Å². The van der Waals surface area contributed by atoms with Crippen LogP contribution in [0.1, 0.15) is 43.4 Å². The standard InChI is InChI=1S/C19H25NO3S/c1-3-4-10-18(21)19(16-8-6-5-7-9-16)20-24(22,23)17-13-11-15(2)12-14-17/h5-9,11-14,18-21H,3-4,10H2,1-2H3/t18-,19+/m1/s1. The fourth-order valence-corrected chi connectivity index (χ4v) is 3.82. The van der Waals surface area contributed by atoms with Gasteiger partial charge in [-0.05, 0) is 31.0 Å². The molecular weight excluding hydrogens is 322 g/mol. The van der Waals surface area contributed by atoms with Crippen molar-refractivity contribution in [3.05, 3.63) is 65.7 Å². The number of hydrogen-bond donors (Lipinski definition) is 2. The van der Waals surface area contributed by atoms with Crippen LogP contribution >= 0.6 is 0 Å². The summed E-state index contributed by atoms with van der Waals surface area (Å²) >= 11 is 0. The van der Waals surface area contributed by atoms with E-state index in [1.54, 1.807) is 24.3 Å². The van der Waals surface area contributed by atoms with Crippen LogP contribution in [0.4, 0.5) is 0 Å². The van der Waals surface area contributed by atoms with Crippen LogP contribution in [0.3, 0.4) is 0 Å². The van der Waals surface area contributed by atoms with Gasteiger partial charge in [-0.2, -0.15) is 0 Å². The molecule has 0 radical (unpaired) electrons. The van der Waals surface area contributed by atoms with E-state index in [0.29, 0.717) is 6.42 Å². The van der Waals surface area contributed by atoms with Gasteiger partial charge in [-0.25, -0.2) is 13.1 Å². The summed E-state index contributed by atoms with van der Waals surface area (Å²) in [5, 5.41) is 10.5. The molecule has 0 aliphatic rings. The van der Waals surface area contributed by atoms with Crippen LogP contribution in [-0.4, -0.2) is 19.6 Å². The maximum atomic E-state index is 12.7. The Labute approximate surface area is 144 Å². The van der Waals surface area contributed by atoms with Crippen molar-refractivity contribution in [2.24, 2.45) is 0 Å². The van der Waals surface area contributed by atoms with Crippen molar-refractivity contribution in [1.82, 2.24) is 4.72 Å². The Hall–Kier alpha value is -1.69. The van der Waals surface area contributed by atoms with E-state index in [2.05, 4.69) is 4.72 Å². The molecule has 0 aliphatic carbocycles. The average molecular weight is 347 g/mol. The van der Waals surface area contributed by atoms with Gasteiger partial charge in [0, 0.05) is 0 Å².